The van der Waals surface area contributed by atoms with Crippen molar-refractivity contribution in [1.29, 1.82) is 0 Å². The van der Waals surface area contributed by atoms with Crippen molar-refractivity contribution in [1.82, 2.24) is 14.9 Å². The van der Waals surface area contributed by atoms with Gasteiger partial charge in [-0.25, -0.2) is 14.6 Å². The maximum atomic E-state index is 14.1. The van der Waals surface area contributed by atoms with Gasteiger partial charge in [0.05, 0.1) is 12.6 Å². The zero-order valence-electron chi connectivity index (χ0n) is 28.4. The number of carboxylic acids is 1. The van der Waals surface area contributed by atoms with Gasteiger partial charge in [0, 0.05) is 24.1 Å². The Labute approximate surface area is 299 Å². The Bertz CT molecular complexity index is 2030. The summed E-state index contributed by atoms with van der Waals surface area (Å²) in [5.74, 6) is -1.62. The van der Waals surface area contributed by atoms with E-state index in [2.05, 4.69) is 21.9 Å². The standard InChI is InChI=1S/C38H38N6O8/c1-3-18-43(37(50)52-24-27-12-8-5-9-13-27)30-22-41-35-38(2,20-31(45)46)19-29(44(35)34(30)48)33(47)40-21-25-14-16-28(17-15-25)32(39)42-36(49)51-23-26-10-6-4-7-11-26/h3-17,22,29H,1,18-21,23-24H2,2H3,(H,40,47)(H,45,46)(H2,39,42,49)/t29-,38+/m1/s1. The lowest BCUT2D eigenvalue weighted by molar-refractivity contribution is -0.138. The van der Waals surface area contributed by atoms with E-state index in [1.54, 1.807) is 55.5 Å². The second-order valence-electron chi connectivity index (χ2n) is 12.4. The summed E-state index contributed by atoms with van der Waals surface area (Å²) in [6.45, 7) is 5.28. The van der Waals surface area contributed by atoms with E-state index in [1.165, 1.54) is 12.3 Å². The fraction of sp³-hybridized carbons (Fsp3) is 0.237. The second-order valence-corrected chi connectivity index (χ2v) is 12.4. The number of rotatable bonds is 13. The average molecular weight is 707 g/mol. The van der Waals surface area contributed by atoms with Crippen molar-refractivity contribution < 1.29 is 33.8 Å². The summed E-state index contributed by atoms with van der Waals surface area (Å²) in [5, 5.41) is 12.5. The van der Waals surface area contributed by atoms with Crippen molar-refractivity contribution in [3.63, 3.8) is 0 Å². The van der Waals surface area contributed by atoms with Crippen LogP contribution in [0.3, 0.4) is 0 Å². The molecule has 0 spiro atoms. The van der Waals surface area contributed by atoms with Crippen molar-refractivity contribution in [3.8, 4) is 0 Å². The number of nitrogens with two attached hydrogens (primary N) is 1. The first-order valence-corrected chi connectivity index (χ1v) is 16.3. The van der Waals surface area contributed by atoms with Gasteiger partial charge in [-0.1, -0.05) is 97.9 Å². The van der Waals surface area contributed by atoms with Gasteiger partial charge in [-0.05, 0) is 23.1 Å². The highest BCUT2D eigenvalue weighted by Crippen LogP contribution is 2.42. The van der Waals surface area contributed by atoms with Crippen molar-refractivity contribution >= 4 is 35.6 Å². The van der Waals surface area contributed by atoms with E-state index >= 15 is 0 Å². The number of ether oxygens (including phenoxy) is 2. The Morgan fingerprint density at radius 2 is 1.62 bits per heavy atom. The topological polar surface area (TPSA) is 196 Å². The number of nitrogens with zero attached hydrogens (tertiary/aromatic N) is 4. The van der Waals surface area contributed by atoms with Crippen LogP contribution in [0.25, 0.3) is 0 Å². The van der Waals surface area contributed by atoms with Crippen LogP contribution in [0, 0.1) is 0 Å². The minimum Gasteiger partial charge on any atom is -0.481 e. The summed E-state index contributed by atoms with van der Waals surface area (Å²) in [4.78, 5) is 74.3. The summed E-state index contributed by atoms with van der Waals surface area (Å²) in [6.07, 6.45) is 0.539. The molecule has 0 fully saturated rings. The maximum absolute atomic E-state index is 14.1. The minimum atomic E-state index is -1.16. The predicted molar refractivity (Wildman–Crippen MR) is 192 cm³/mol. The molecule has 2 atom stereocenters. The zero-order valence-corrected chi connectivity index (χ0v) is 28.4. The van der Waals surface area contributed by atoms with Crippen LogP contribution in [0.15, 0.2) is 114 Å². The Hall–Kier alpha value is -6.57. The van der Waals surface area contributed by atoms with Crippen LogP contribution in [0.5, 0.6) is 0 Å². The molecule has 52 heavy (non-hydrogen) atoms. The van der Waals surface area contributed by atoms with Crippen LogP contribution in [-0.4, -0.2) is 51.1 Å². The highest BCUT2D eigenvalue weighted by molar-refractivity contribution is 6.02. The Kier molecular flexibility index (Phi) is 11.6. The van der Waals surface area contributed by atoms with E-state index in [0.29, 0.717) is 11.1 Å². The molecule has 14 nitrogen and oxygen atoms in total. The largest absolute Gasteiger partial charge is 0.481 e. The molecule has 2 heterocycles. The van der Waals surface area contributed by atoms with E-state index < -0.39 is 41.1 Å². The molecule has 0 saturated heterocycles. The maximum Gasteiger partial charge on any atom is 0.435 e. The number of benzene rings is 3. The predicted octanol–water partition coefficient (Wildman–Crippen LogP) is 4.61. The normalized spacial score (nSPS) is 16.3. The van der Waals surface area contributed by atoms with Crippen molar-refractivity contribution in [2.45, 2.75) is 51.0 Å². The molecule has 268 valence electrons. The highest BCUT2D eigenvalue weighted by atomic mass is 16.6. The summed E-state index contributed by atoms with van der Waals surface area (Å²) < 4.78 is 11.8. The number of amidine groups is 1. The first-order chi connectivity index (χ1) is 25.0. The first-order valence-electron chi connectivity index (χ1n) is 16.3. The van der Waals surface area contributed by atoms with Crippen LogP contribution >= 0.6 is 0 Å². The fourth-order valence-electron chi connectivity index (χ4n) is 5.90. The molecule has 4 aromatic rings. The quantitative estimate of drug-likeness (QED) is 0.100. The van der Waals surface area contributed by atoms with Gasteiger partial charge >= 0.3 is 18.2 Å². The van der Waals surface area contributed by atoms with Crippen LogP contribution in [-0.2, 0) is 44.2 Å². The third-order valence-electron chi connectivity index (χ3n) is 8.48. The highest BCUT2D eigenvalue weighted by Gasteiger charge is 2.47. The number of aromatic nitrogens is 2. The molecule has 1 aliphatic rings. The van der Waals surface area contributed by atoms with E-state index in [1.807, 2.05) is 36.4 Å². The molecule has 5 rings (SSSR count). The molecular formula is C38H38N6O8. The molecular weight excluding hydrogens is 668 g/mol. The lowest BCUT2D eigenvalue weighted by Gasteiger charge is -2.23. The molecule has 14 heteroatoms. The number of anilines is 1. The Morgan fingerprint density at radius 3 is 2.21 bits per heavy atom. The number of aliphatic carboxylic acids is 1. The molecule has 3 amide bonds. The molecule has 1 aromatic heterocycles. The van der Waals surface area contributed by atoms with Gasteiger partial charge in [0.1, 0.15) is 36.6 Å². The SMILES string of the molecule is C=CCN(C(=O)OCc1ccccc1)c1cnc2n(c1=O)[C@@H](C(=O)NCc1ccc(C(N)=NC(=O)OCc3ccccc3)cc1)C[C@@]2(C)CC(=O)O. The minimum absolute atomic E-state index is 0.0248. The smallest absolute Gasteiger partial charge is 0.435 e. The van der Waals surface area contributed by atoms with Crippen LogP contribution < -0.4 is 21.5 Å². The van der Waals surface area contributed by atoms with Gasteiger partial charge < -0.3 is 25.6 Å². The number of nitrogens with one attached hydrogen (secondary N) is 1. The molecule has 4 N–H and O–H groups in total. The molecule has 3 aromatic carbocycles. The van der Waals surface area contributed by atoms with E-state index in [-0.39, 0.29) is 56.5 Å². The van der Waals surface area contributed by atoms with E-state index in [9.17, 15) is 29.1 Å². The number of carbonyl (C=O) groups is 4. The number of hydrogen-bond acceptors (Lipinski definition) is 8. The van der Waals surface area contributed by atoms with Gasteiger partial charge in [0.2, 0.25) is 5.91 Å². The zero-order chi connectivity index (χ0) is 37.3. The monoisotopic (exact) mass is 706 g/mol. The number of hydrogen-bond donors (Lipinski definition) is 3. The number of fused-ring (bicyclic) bond motifs is 1. The Balaban J connectivity index is 1.31. The third kappa shape index (κ3) is 8.77. The molecule has 0 radical (unpaired) electrons. The summed E-state index contributed by atoms with van der Waals surface area (Å²) in [7, 11) is 0. The molecule has 0 saturated carbocycles. The summed E-state index contributed by atoms with van der Waals surface area (Å²) in [5.41, 5.74) is 6.66. The molecule has 0 bridgehead atoms. The first kappa shape index (κ1) is 36.7. The van der Waals surface area contributed by atoms with E-state index in [4.69, 9.17) is 15.2 Å². The summed E-state index contributed by atoms with van der Waals surface area (Å²) >= 11 is 0. The number of aliphatic imine (C=N–C) groups is 1. The van der Waals surface area contributed by atoms with Gasteiger partial charge in [-0.2, -0.15) is 4.99 Å². The van der Waals surface area contributed by atoms with Crippen molar-refractivity contribution in [2.75, 3.05) is 11.4 Å². The average Bonchev–Trinajstić information content (AvgIpc) is 3.44. The van der Waals surface area contributed by atoms with Gasteiger partial charge in [0.15, 0.2) is 0 Å². The van der Waals surface area contributed by atoms with Crippen molar-refractivity contribution in [2.24, 2.45) is 10.7 Å². The lowest BCUT2D eigenvalue weighted by atomic mass is 9.83. The second kappa shape index (κ2) is 16.4. The van der Waals surface area contributed by atoms with Gasteiger partial charge in [-0.15, -0.1) is 6.58 Å². The lowest BCUT2D eigenvalue weighted by Crippen LogP contribution is -2.41. The Morgan fingerprint density at radius 1 is 1.00 bits per heavy atom. The van der Waals surface area contributed by atoms with Gasteiger partial charge in [0.25, 0.3) is 5.56 Å². The van der Waals surface area contributed by atoms with Crippen LogP contribution in [0.1, 0.15) is 53.9 Å². The van der Waals surface area contributed by atoms with Crippen LogP contribution in [0.4, 0.5) is 15.3 Å². The fourth-order valence-corrected chi connectivity index (χ4v) is 5.90. The van der Waals surface area contributed by atoms with Gasteiger partial charge in [-0.3, -0.25) is 23.9 Å². The number of amides is 3. The van der Waals surface area contributed by atoms with Crippen molar-refractivity contribution in [3.05, 3.63) is 142 Å². The summed E-state index contributed by atoms with van der Waals surface area (Å²) in [6, 6.07) is 23.6. The third-order valence-corrected chi connectivity index (χ3v) is 8.48. The molecule has 0 aliphatic carbocycles. The number of carboxylic acid groups (broad SMARTS) is 1. The van der Waals surface area contributed by atoms with E-state index in [0.717, 1.165) is 20.6 Å². The van der Waals surface area contributed by atoms with Crippen LogP contribution in [0.2, 0.25) is 0 Å². The molecule has 1 aliphatic heterocycles. The molecule has 0 unspecified atom stereocenters. The number of carbonyl (C=O) groups excluding carboxylic acids is 3.